The fourth-order valence-corrected chi connectivity index (χ4v) is 1.41. The molecule has 0 aliphatic rings. The Morgan fingerprint density at radius 3 is 1.71 bits per heavy atom. The molecule has 1 heteroatoms. The van der Waals surface area contributed by atoms with E-state index in [0.717, 1.165) is 11.8 Å². The minimum atomic E-state index is 0.900. The van der Waals surface area contributed by atoms with E-state index in [1.807, 2.05) is 0 Å². The molecule has 0 heterocycles. The fourth-order valence-electron chi connectivity index (χ4n) is 0.471. The van der Waals surface area contributed by atoms with E-state index in [0.29, 0.717) is 0 Å². The van der Waals surface area contributed by atoms with Crippen molar-refractivity contribution in [3.8, 4) is 0 Å². The van der Waals surface area contributed by atoms with Crippen LogP contribution >= 0.6 is 0 Å². The van der Waals surface area contributed by atoms with Crippen LogP contribution in [0.4, 0.5) is 0 Å². The van der Waals surface area contributed by atoms with E-state index in [9.17, 15) is 0 Å². The molecule has 1 unspecified atom stereocenters. The van der Waals surface area contributed by atoms with Crippen molar-refractivity contribution in [1.82, 2.24) is 0 Å². The Kier molecular flexibility index (Phi) is 3.35. The molecule has 7 heavy (non-hydrogen) atoms. The summed E-state index contributed by atoms with van der Waals surface area (Å²) in [5.41, 5.74) is 0. The zero-order chi connectivity index (χ0) is 5.86. The second kappa shape index (κ2) is 3.25. The van der Waals surface area contributed by atoms with Crippen molar-refractivity contribution in [2.75, 3.05) is 0 Å². The van der Waals surface area contributed by atoms with Gasteiger partial charge in [-0.25, -0.2) is 0 Å². The van der Waals surface area contributed by atoms with Crippen molar-refractivity contribution in [1.29, 1.82) is 0 Å². The lowest BCUT2D eigenvalue weighted by Gasteiger charge is -2.10. The highest BCUT2D eigenvalue weighted by Gasteiger charge is 2.01. The molecule has 0 aliphatic heterocycles. The third kappa shape index (κ3) is 2.86. The summed E-state index contributed by atoms with van der Waals surface area (Å²) in [6.07, 6.45) is 0. The largest absolute Gasteiger partial charge is 0.0631 e. The zero-order valence-corrected chi connectivity index (χ0v) is 7.86. The normalized spacial score (nSPS) is 15.4. The van der Waals surface area contributed by atoms with Gasteiger partial charge in [0.1, 0.15) is 0 Å². The average Bonchev–Trinajstić information content (AvgIpc) is 1.65. The first-order valence-corrected chi connectivity index (χ1v) is 4.59. The summed E-state index contributed by atoms with van der Waals surface area (Å²) in [5, 5.41) is 0. The SMILES string of the molecule is CC(C)C(C)C[SiH3]. The van der Waals surface area contributed by atoms with Crippen molar-refractivity contribution in [3.63, 3.8) is 0 Å². The Hall–Kier alpha value is 0.217. The summed E-state index contributed by atoms with van der Waals surface area (Å²) in [7, 11) is 1.37. The van der Waals surface area contributed by atoms with Gasteiger partial charge >= 0.3 is 0 Å². The summed E-state index contributed by atoms with van der Waals surface area (Å²) >= 11 is 0. The van der Waals surface area contributed by atoms with Gasteiger partial charge in [-0.05, 0) is 11.8 Å². The topological polar surface area (TPSA) is 0 Å². The molecule has 0 rings (SSSR count). The molecule has 0 nitrogen and oxygen atoms in total. The predicted octanol–water partition coefficient (Wildman–Crippen LogP) is 1.06. The van der Waals surface area contributed by atoms with Crippen molar-refractivity contribution >= 4 is 10.2 Å². The predicted molar refractivity (Wildman–Crippen MR) is 38.7 cm³/mol. The van der Waals surface area contributed by atoms with E-state index in [2.05, 4.69) is 20.8 Å². The van der Waals surface area contributed by atoms with Crippen molar-refractivity contribution in [3.05, 3.63) is 0 Å². The lowest BCUT2D eigenvalue weighted by atomic mass is 10.0. The molecule has 0 saturated heterocycles. The Balaban J connectivity index is 3.14. The molecule has 0 amide bonds. The molecule has 1 atom stereocenters. The number of hydrogen-bond acceptors (Lipinski definition) is 0. The van der Waals surface area contributed by atoms with Gasteiger partial charge in [-0.2, -0.15) is 0 Å². The van der Waals surface area contributed by atoms with Gasteiger partial charge in [0.15, 0.2) is 0 Å². The van der Waals surface area contributed by atoms with Crippen LogP contribution in [0.15, 0.2) is 0 Å². The van der Waals surface area contributed by atoms with E-state index in [4.69, 9.17) is 0 Å². The lowest BCUT2D eigenvalue weighted by molar-refractivity contribution is 0.457. The first kappa shape index (κ1) is 7.22. The second-order valence-corrected chi connectivity index (χ2v) is 3.45. The van der Waals surface area contributed by atoms with E-state index < -0.39 is 0 Å². The van der Waals surface area contributed by atoms with E-state index in [1.165, 1.54) is 16.3 Å². The maximum absolute atomic E-state index is 2.33. The van der Waals surface area contributed by atoms with Crippen LogP contribution in [-0.4, -0.2) is 10.2 Å². The molecule has 0 N–H and O–H groups in total. The molecule has 44 valence electrons. The summed E-state index contributed by atoms with van der Waals surface area (Å²) in [5.74, 6) is 1.86. The Morgan fingerprint density at radius 1 is 1.29 bits per heavy atom. The third-order valence-corrected chi connectivity index (χ3v) is 3.07. The van der Waals surface area contributed by atoms with Crippen LogP contribution in [-0.2, 0) is 0 Å². The molecule has 0 aromatic carbocycles. The van der Waals surface area contributed by atoms with Gasteiger partial charge in [0.25, 0.3) is 0 Å². The Morgan fingerprint density at radius 2 is 1.71 bits per heavy atom. The third-order valence-electron chi connectivity index (χ3n) is 1.78. The van der Waals surface area contributed by atoms with Crippen LogP contribution < -0.4 is 0 Å². The van der Waals surface area contributed by atoms with Crippen LogP contribution in [0.3, 0.4) is 0 Å². The lowest BCUT2D eigenvalue weighted by Crippen LogP contribution is -2.01. The molecule has 0 radical (unpaired) electrons. The number of rotatable bonds is 2. The summed E-state index contributed by atoms with van der Waals surface area (Å²) in [6.45, 7) is 6.92. The van der Waals surface area contributed by atoms with Gasteiger partial charge in [-0.15, -0.1) is 0 Å². The quantitative estimate of drug-likeness (QED) is 0.473. The Bertz CT molecular complexity index is 41.4. The van der Waals surface area contributed by atoms with Gasteiger partial charge in [0, 0.05) is 10.2 Å². The first-order valence-electron chi connectivity index (χ1n) is 3.18. The maximum Gasteiger partial charge on any atom is 0.00314 e. The van der Waals surface area contributed by atoms with Crippen LogP contribution in [0.5, 0.6) is 0 Å². The van der Waals surface area contributed by atoms with E-state index >= 15 is 0 Å². The van der Waals surface area contributed by atoms with Gasteiger partial charge < -0.3 is 0 Å². The van der Waals surface area contributed by atoms with Crippen LogP contribution in [0, 0.1) is 11.8 Å². The monoisotopic (exact) mass is 116 g/mol. The van der Waals surface area contributed by atoms with Crippen LogP contribution in [0.2, 0.25) is 6.04 Å². The Labute approximate surface area is 49.7 Å². The second-order valence-electron chi connectivity index (χ2n) is 2.63. The summed E-state index contributed by atoms with van der Waals surface area (Å²) in [6, 6.07) is 1.46. The molecule has 0 aromatic rings. The molecule has 0 spiro atoms. The van der Waals surface area contributed by atoms with Gasteiger partial charge in [0.05, 0.1) is 0 Å². The molecular weight excluding hydrogens is 100 g/mol. The maximum atomic E-state index is 2.33. The fraction of sp³-hybridized carbons (Fsp3) is 1.00. The summed E-state index contributed by atoms with van der Waals surface area (Å²) in [4.78, 5) is 0. The van der Waals surface area contributed by atoms with Gasteiger partial charge in [-0.1, -0.05) is 26.8 Å². The van der Waals surface area contributed by atoms with Crippen molar-refractivity contribution in [2.24, 2.45) is 11.8 Å². The average molecular weight is 116 g/mol. The van der Waals surface area contributed by atoms with Gasteiger partial charge in [0.2, 0.25) is 0 Å². The highest BCUT2D eigenvalue weighted by Crippen LogP contribution is 2.11. The minimum Gasteiger partial charge on any atom is -0.0631 e. The molecular formula is C6H16Si. The molecule has 0 bridgehead atoms. The van der Waals surface area contributed by atoms with Crippen LogP contribution in [0.1, 0.15) is 20.8 Å². The number of hydrogen-bond donors (Lipinski definition) is 0. The molecule has 0 aromatic heterocycles. The van der Waals surface area contributed by atoms with Crippen LogP contribution in [0.25, 0.3) is 0 Å². The van der Waals surface area contributed by atoms with E-state index in [1.54, 1.807) is 0 Å². The molecule has 0 fully saturated rings. The zero-order valence-electron chi connectivity index (χ0n) is 5.86. The molecule has 0 saturated carbocycles. The smallest absolute Gasteiger partial charge is 0.00314 e. The summed E-state index contributed by atoms with van der Waals surface area (Å²) < 4.78 is 0. The molecule has 0 aliphatic carbocycles. The standard InChI is InChI=1S/C6H16Si/c1-5(2)6(3)4-7/h5-6H,4H2,1-3,7H3. The first-order chi connectivity index (χ1) is 3.18. The van der Waals surface area contributed by atoms with Crippen molar-refractivity contribution < 1.29 is 0 Å². The van der Waals surface area contributed by atoms with Gasteiger partial charge in [-0.3, -0.25) is 0 Å². The minimum absolute atomic E-state index is 0.900. The van der Waals surface area contributed by atoms with E-state index in [-0.39, 0.29) is 0 Å². The highest BCUT2D eigenvalue weighted by atomic mass is 28.1. The van der Waals surface area contributed by atoms with Crippen molar-refractivity contribution in [2.45, 2.75) is 26.8 Å². The highest BCUT2D eigenvalue weighted by molar-refractivity contribution is 6.08.